The van der Waals surface area contributed by atoms with Gasteiger partial charge >= 0.3 is 11.9 Å². The molecule has 0 atom stereocenters. The van der Waals surface area contributed by atoms with Crippen molar-refractivity contribution in [2.75, 3.05) is 0 Å². The molecule has 0 unspecified atom stereocenters. The number of benzene rings is 6. The number of aliphatic hydroxyl groups is 2. The normalized spacial score (nSPS) is 11.5. The zero-order valence-electron chi connectivity index (χ0n) is 28.0. The van der Waals surface area contributed by atoms with Crippen molar-refractivity contribution >= 4 is 55.6 Å². The number of aromatic carboxylic acids is 2. The van der Waals surface area contributed by atoms with Gasteiger partial charge in [0, 0.05) is 46.5 Å². The van der Waals surface area contributed by atoms with Crippen LogP contribution in [0.1, 0.15) is 43.0 Å². The molecule has 4 N–H and O–H groups in total. The van der Waals surface area contributed by atoms with Crippen LogP contribution in [0.4, 0.5) is 0 Å². The number of rotatable bonds is 9. The predicted octanol–water partition coefficient (Wildman–Crippen LogP) is 7.02. The number of hydrogen-bond donors (Lipinski definition) is 4. The van der Waals surface area contributed by atoms with E-state index in [0.717, 1.165) is 65.9 Å². The van der Waals surface area contributed by atoms with Crippen molar-refractivity contribution in [3.63, 3.8) is 0 Å². The van der Waals surface area contributed by atoms with Crippen LogP contribution < -0.4 is 9.13 Å². The lowest BCUT2D eigenvalue weighted by Gasteiger charge is -2.17. The van der Waals surface area contributed by atoms with E-state index in [4.69, 9.17) is 0 Å². The second kappa shape index (κ2) is 13.3. The summed E-state index contributed by atoms with van der Waals surface area (Å²) in [6.45, 7) is 0.273. The summed E-state index contributed by atoms with van der Waals surface area (Å²) < 4.78 is 4.46. The summed E-state index contributed by atoms with van der Waals surface area (Å²) >= 11 is 0. The molecule has 8 heteroatoms. The van der Waals surface area contributed by atoms with E-state index in [1.165, 1.54) is 0 Å². The zero-order chi connectivity index (χ0) is 35.9. The molecule has 0 saturated carbocycles. The number of aromatic nitrogens is 2. The maximum atomic E-state index is 11.7. The van der Waals surface area contributed by atoms with E-state index in [1.807, 2.05) is 48.5 Å². The third kappa shape index (κ3) is 5.51. The van der Waals surface area contributed by atoms with Gasteiger partial charge in [0.25, 0.3) is 0 Å². The van der Waals surface area contributed by atoms with Crippen LogP contribution in [0.3, 0.4) is 0 Å². The molecule has 8 nitrogen and oxygen atoms in total. The number of para-hydroxylation sites is 4. The van der Waals surface area contributed by atoms with Gasteiger partial charge < -0.3 is 20.4 Å². The summed E-state index contributed by atoms with van der Waals surface area (Å²) in [6.07, 6.45) is 0. The minimum Gasteiger partial charge on any atom is -0.478 e. The Morgan fingerprint density at radius 1 is 0.423 bits per heavy atom. The Labute approximate surface area is 298 Å². The third-order valence-corrected chi connectivity index (χ3v) is 10.0. The molecule has 2 aromatic heterocycles. The predicted molar refractivity (Wildman–Crippen MR) is 199 cm³/mol. The molecule has 0 aliphatic heterocycles. The number of aliphatic hydroxyl groups excluding tert-OH is 2. The van der Waals surface area contributed by atoms with Gasteiger partial charge in [-0.1, -0.05) is 60.7 Å². The number of carboxylic acids is 2. The van der Waals surface area contributed by atoms with Crippen molar-refractivity contribution in [2.45, 2.75) is 26.3 Å². The van der Waals surface area contributed by atoms with Gasteiger partial charge in [0.2, 0.25) is 22.1 Å². The van der Waals surface area contributed by atoms with Crippen molar-refractivity contribution in [3.05, 3.63) is 167 Å². The fraction of sp³-hybridized carbons (Fsp3) is 0.0909. The highest BCUT2D eigenvalue weighted by molar-refractivity contribution is 6.18. The van der Waals surface area contributed by atoms with Gasteiger partial charge in [-0.2, -0.15) is 9.13 Å². The van der Waals surface area contributed by atoms with Crippen molar-refractivity contribution in [2.24, 2.45) is 0 Å². The van der Waals surface area contributed by atoms with E-state index >= 15 is 0 Å². The van der Waals surface area contributed by atoms with Crippen molar-refractivity contribution in [3.8, 4) is 11.1 Å². The van der Waals surface area contributed by atoms with E-state index in [-0.39, 0.29) is 24.3 Å². The molecule has 0 radical (unpaired) electrons. The fourth-order valence-corrected chi connectivity index (χ4v) is 7.57. The number of pyridine rings is 2. The number of fused-ring (bicyclic) bond motifs is 4. The van der Waals surface area contributed by atoms with Crippen molar-refractivity contribution in [1.82, 2.24) is 0 Å². The lowest BCUT2D eigenvalue weighted by atomic mass is 9.89. The summed E-state index contributed by atoms with van der Waals surface area (Å²) in [4.78, 5) is 23.4. The molecule has 0 amide bonds. The maximum Gasteiger partial charge on any atom is 0.335 e. The van der Waals surface area contributed by atoms with Crippen molar-refractivity contribution in [1.29, 1.82) is 0 Å². The first-order chi connectivity index (χ1) is 25.4. The number of carbonyl (C=O) groups is 2. The first kappa shape index (κ1) is 32.7. The largest absolute Gasteiger partial charge is 0.478 e. The molecule has 6 aromatic carbocycles. The summed E-state index contributed by atoms with van der Waals surface area (Å²) in [6, 6.07) is 43.0. The van der Waals surface area contributed by atoms with Crippen LogP contribution in [-0.2, 0) is 26.3 Å². The number of hydrogen-bond acceptors (Lipinski definition) is 4. The quantitative estimate of drug-likeness (QED) is 0.0957. The fourth-order valence-electron chi connectivity index (χ4n) is 7.57. The number of carboxylic acid groups (broad SMARTS) is 2. The molecule has 2 heterocycles. The molecule has 0 aliphatic rings. The van der Waals surface area contributed by atoms with E-state index in [0.29, 0.717) is 24.2 Å². The highest BCUT2D eigenvalue weighted by atomic mass is 16.4. The summed E-state index contributed by atoms with van der Waals surface area (Å²) in [5.41, 5.74) is 9.15. The molecule has 8 rings (SSSR count). The van der Waals surface area contributed by atoms with E-state index in [9.17, 15) is 30.0 Å². The lowest BCUT2D eigenvalue weighted by molar-refractivity contribution is -0.636. The highest BCUT2D eigenvalue weighted by Crippen LogP contribution is 2.41. The Morgan fingerprint density at radius 3 is 1.02 bits per heavy atom. The first-order valence-electron chi connectivity index (χ1n) is 17.0. The van der Waals surface area contributed by atoms with Gasteiger partial charge in [-0.3, -0.25) is 0 Å². The van der Waals surface area contributed by atoms with E-state index in [1.54, 1.807) is 36.4 Å². The summed E-state index contributed by atoms with van der Waals surface area (Å²) in [5.74, 6) is -2.08. The van der Waals surface area contributed by atoms with Crippen LogP contribution in [0.5, 0.6) is 0 Å². The summed E-state index contributed by atoms with van der Waals surface area (Å²) in [7, 11) is 0. The van der Waals surface area contributed by atoms with Crippen molar-refractivity contribution < 1.29 is 39.1 Å². The Bertz CT molecular complexity index is 2440. The van der Waals surface area contributed by atoms with Crippen LogP contribution in [0, 0.1) is 0 Å². The summed E-state index contributed by atoms with van der Waals surface area (Å²) in [5, 5.41) is 43.8. The molecular formula is C44H34N2O6+2. The van der Waals surface area contributed by atoms with Crippen LogP contribution in [0.2, 0.25) is 0 Å². The molecule has 0 fully saturated rings. The standard InChI is InChI=1S/C44H32N2O6/c47-25-31-21-27(43(49)50)17-19-29(31)23-45-37-13-5-1-9-33(37)41(34-10-2-6-14-38(34)45)42-35-11-3-7-15-39(35)46(40-16-8-4-12-36(40)42)24-30-20-18-28(44(51)52)22-32(30)26-48/h1-22,47-48H,23-26H2/p+2. The SMILES string of the molecule is O=C(O)c1ccc(C[n+]2c3ccccc3c(-c3c4ccccc4[n+](Cc4ccc(C(=O)O)cc4CO)c4ccccc34)c3ccccc32)c(CO)c1. The molecule has 0 aliphatic carbocycles. The Kier molecular flexibility index (Phi) is 8.39. The second-order valence-electron chi connectivity index (χ2n) is 12.9. The van der Waals surface area contributed by atoms with Gasteiger partial charge in [0.1, 0.15) is 0 Å². The van der Waals surface area contributed by atoms with E-state index < -0.39 is 11.9 Å². The van der Waals surface area contributed by atoms with Gasteiger partial charge in [0.05, 0.1) is 45.9 Å². The smallest absolute Gasteiger partial charge is 0.335 e. The average molecular weight is 687 g/mol. The van der Waals surface area contributed by atoms with Crippen LogP contribution in [0.25, 0.3) is 54.7 Å². The monoisotopic (exact) mass is 686 g/mol. The maximum absolute atomic E-state index is 11.7. The van der Waals surface area contributed by atoms with Crippen LogP contribution >= 0.6 is 0 Å². The molecular weight excluding hydrogens is 652 g/mol. The van der Waals surface area contributed by atoms with E-state index in [2.05, 4.69) is 57.7 Å². The Hall–Kier alpha value is -6.48. The van der Waals surface area contributed by atoms with Crippen LogP contribution in [0.15, 0.2) is 133 Å². The topological polar surface area (TPSA) is 123 Å². The minimum atomic E-state index is -1.04. The molecule has 8 aromatic rings. The molecule has 254 valence electrons. The highest BCUT2D eigenvalue weighted by Gasteiger charge is 2.28. The first-order valence-corrected chi connectivity index (χ1v) is 17.0. The zero-order valence-corrected chi connectivity index (χ0v) is 28.0. The van der Waals surface area contributed by atoms with Crippen LogP contribution in [-0.4, -0.2) is 32.4 Å². The molecule has 0 spiro atoms. The molecule has 52 heavy (non-hydrogen) atoms. The minimum absolute atomic E-state index is 0.132. The molecule has 0 bridgehead atoms. The lowest BCUT2D eigenvalue weighted by Crippen LogP contribution is -2.37. The van der Waals surface area contributed by atoms with Gasteiger partial charge in [-0.15, -0.1) is 0 Å². The third-order valence-electron chi connectivity index (χ3n) is 10.0. The number of nitrogens with zero attached hydrogens (tertiary/aromatic N) is 2. The van der Waals surface area contributed by atoms with Gasteiger partial charge in [-0.25, -0.2) is 9.59 Å². The van der Waals surface area contributed by atoms with Gasteiger partial charge in [0.15, 0.2) is 13.1 Å². The molecule has 0 saturated heterocycles. The Morgan fingerprint density at radius 2 is 0.731 bits per heavy atom. The average Bonchev–Trinajstić information content (AvgIpc) is 3.18. The Balaban J connectivity index is 1.41. The van der Waals surface area contributed by atoms with Gasteiger partial charge in [-0.05, 0) is 59.7 Å². The second-order valence-corrected chi connectivity index (χ2v) is 12.9.